The minimum atomic E-state index is -1.28. The van der Waals surface area contributed by atoms with Gasteiger partial charge in [-0.1, -0.05) is 0 Å². The molecule has 2 rings (SSSR count). The Morgan fingerprint density at radius 2 is 2.12 bits per heavy atom. The van der Waals surface area contributed by atoms with Crippen molar-refractivity contribution in [1.29, 1.82) is 0 Å². The van der Waals surface area contributed by atoms with E-state index in [1.54, 1.807) is 11.9 Å². The molecule has 0 radical (unpaired) electrons. The van der Waals surface area contributed by atoms with Crippen molar-refractivity contribution in [2.24, 2.45) is 0 Å². The van der Waals surface area contributed by atoms with Gasteiger partial charge in [-0.25, -0.2) is 0 Å². The van der Waals surface area contributed by atoms with Gasteiger partial charge in [0.25, 0.3) is 5.91 Å². The van der Waals surface area contributed by atoms with Crippen LogP contribution in [0.3, 0.4) is 0 Å². The summed E-state index contributed by atoms with van der Waals surface area (Å²) in [6, 6.07) is 0.705. The van der Waals surface area contributed by atoms with Crippen LogP contribution in [0.2, 0.25) is 0 Å². The van der Waals surface area contributed by atoms with Crippen LogP contribution in [0.25, 0.3) is 0 Å². The lowest BCUT2D eigenvalue weighted by atomic mass is 10.0. The van der Waals surface area contributed by atoms with Gasteiger partial charge in [-0.15, -0.1) is 0 Å². The summed E-state index contributed by atoms with van der Waals surface area (Å²) in [4.78, 5) is 15.9. The number of nitrogens with zero attached hydrogens (tertiary/aromatic N) is 2. The summed E-state index contributed by atoms with van der Waals surface area (Å²) in [6.07, 6.45) is 2.95. The molecule has 5 heteroatoms. The van der Waals surface area contributed by atoms with E-state index in [1.165, 1.54) is 12.8 Å². The molecule has 1 amide bonds. The standard InChI is InChI=1S/C12H22N2O3/c1-13(10-3-4-10)6-7-14(2)11(15)12(16)5-8-17-9-12/h10,16H,3-9H2,1-2H3. The highest BCUT2D eigenvalue weighted by molar-refractivity contribution is 5.85. The summed E-state index contributed by atoms with van der Waals surface area (Å²) in [7, 11) is 3.84. The van der Waals surface area contributed by atoms with Gasteiger partial charge in [-0.3, -0.25) is 4.79 Å². The number of hydrogen-bond donors (Lipinski definition) is 1. The molecule has 2 aliphatic rings. The third kappa shape index (κ3) is 2.97. The van der Waals surface area contributed by atoms with Crippen molar-refractivity contribution >= 4 is 5.91 Å². The topological polar surface area (TPSA) is 53.0 Å². The second kappa shape index (κ2) is 4.92. The van der Waals surface area contributed by atoms with E-state index in [0.717, 1.165) is 6.54 Å². The molecule has 1 heterocycles. The third-order valence-corrected chi connectivity index (χ3v) is 3.70. The minimum Gasteiger partial charge on any atom is -0.378 e. The molecule has 1 saturated carbocycles. The first kappa shape index (κ1) is 12.8. The van der Waals surface area contributed by atoms with Crippen molar-refractivity contribution in [2.75, 3.05) is 40.4 Å². The van der Waals surface area contributed by atoms with E-state index in [4.69, 9.17) is 4.74 Å². The van der Waals surface area contributed by atoms with Crippen molar-refractivity contribution in [3.05, 3.63) is 0 Å². The number of ether oxygens (including phenoxy) is 1. The molecule has 1 unspecified atom stereocenters. The monoisotopic (exact) mass is 242 g/mol. The maximum atomic E-state index is 12.0. The van der Waals surface area contributed by atoms with Crippen LogP contribution in [0.15, 0.2) is 0 Å². The molecule has 0 spiro atoms. The van der Waals surface area contributed by atoms with Crippen LogP contribution in [0, 0.1) is 0 Å². The van der Waals surface area contributed by atoms with Gasteiger partial charge in [0.05, 0.1) is 13.2 Å². The van der Waals surface area contributed by atoms with Crippen LogP contribution in [-0.4, -0.2) is 72.9 Å². The van der Waals surface area contributed by atoms with Crippen molar-refractivity contribution in [3.63, 3.8) is 0 Å². The number of carbonyl (C=O) groups is 1. The molecule has 0 aromatic rings. The van der Waals surface area contributed by atoms with Gasteiger partial charge in [0.1, 0.15) is 0 Å². The zero-order valence-corrected chi connectivity index (χ0v) is 10.7. The summed E-state index contributed by atoms with van der Waals surface area (Å²) >= 11 is 0. The van der Waals surface area contributed by atoms with Gasteiger partial charge < -0.3 is 19.6 Å². The predicted octanol–water partition coefficient (Wildman–Crippen LogP) is -0.310. The summed E-state index contributed by atoms with van der Waals surface area (Å²) in [5, 5.41) is 10.1. The number of aliphatic hydroxyl groups is 1. The molecule has 1 atom stereocenters. The smallest absolute Gasteiger partial charge is 0.256 e. The van der Waals surface area contributed by atoms with E-state index in [0.29, 0.717) is 25.6 Å². The predicted molar refractivity (Wildman–Crippen MR) is 63.7 cm³/mol. The van der Waals surface area contributed by atoms with E-state index < -0.39 is 5.60 Å². The molecule has 1 saturated heterocycles. The normalized spacial score (nSPS) is 28.7. The summed E-state index contributed by atoms with van der Waals surface area (Å²) in [5.41, 5.74) is -1.28. The van der Waals surface area contributed by atoms with Crippen LogP contribution in [-0.2, 0) is 9.53 Å². The lowest BCUT2D eigenvalue weighted by Crippen LogP contribution is -2.49. The summed E-state index contributed by atoms with van der Waals surface area (Å²) in [6.45, 7) is 2.13. The Kier molecular flexibility index (Phi) is 3.70. The third-order valence-electron chi connectivity index (χ3n) is 3.70. The molecular weight excluding hydrogens is 220 g/mol. The molecule has 1 aliphatic heterocycles. The SMILES string of the molecule is CN(CCN(C)C1CC1)C(=O)C1(O)CCOC1. The van der Waals surface area contributed by atoms with Crippen molar-refractivity contribution < 1.29 is 14.6 Å². The van der Waals surface area contributed by atoms with Gasteiger partial charge in [-0.05, 0) is 19.9 Å². The van der Waals surface area contributed by atoms with Gasteiger partial charge >= 0.3 is 0 Å². The van der Waals surface area contributed by atoms with E-state index in [1.807, 2.05) is 0 Å². The Hall–Kier alpha value is -0.650. The average molecular weight is 242 g/mol. The Bertz CT molecular complexity index is 285. The fraction of sp³-hybridized carbons (Fsp3) is 0.917. The Morgan fingerprint density at radius 3 is 2.65 bits per heavy atom. The highest BCUT2D eigenvalue weighted by atomic mass is 16.5. The summed E-state index contributed by atoms with van der Waals surface area (Å²) < 4.78 is 5.10. The lowest BCUT2D eigenvalue weighted by molar-refractivity contribution is -0.149. The second-order valence-electron chi connectivity index (χ2n) is 5.27. The molecule has 1 N–H and O–H groups in total. The molecule has 17 heavy (non-hydrogen) atoms. The van der Waals surface area contributed by atoms with Crippen LogP contribution in [0.1, 0.15) is 19.3 Å². The molecule has 5 nitrogen and oxygen atoms in total. The lowest BCUT2D eigenvalue weighted by Gasteiger charge is -2.28. The quantitative estimate of drug-likeness (QED) is 0.718. The molecule has 0 bridgehead atoms. The first-order valence-corrected chi connectivity index (χ1v) is 6.29. The van der Waals surface area contributed by atoms with Crippen molar-refractivity contribution in [3.8, 4) is 0 Å². The van der Waals surface area contributed by atoms with E-state index in [2.05, 4.69) is 11.9 Å². The molecule has 0 aromatic carbocycles. The number of carbonyl (C=O) groups excluding carboxylic acids is 1. The van der Waals surface area contributed by atoms with Crippen LogP contribution in [0.4, 0.5) is 0 Å². The van der Waals surface area contributed by atoms with Crippen LogP contribution >= 0.6 is 0 Å². The van der Waals surface area contributed by atoms with Gasteiger partial charge in [0, 0.05) is 32.6 Å². The fourth-order valence-electron chi connectivity index (χ4n) is 2.19. The van der Waals surface area contributed by atoms with Crippen molar-refractivity contribution in [1.82, 2.24) is 9.80 Å². The van der Waals surface area contributed by atoms with E-state index in [-0.39, 0.29) is 12.5 Å². The number of hydrogen-bond acceptors (Lipinski definition) is 4. The fourth-order valence-corrected chi connectivity index (χ4v) is 2.19. The van der Waals surface area contributed by atoms with E-state index in [9.17, 15) is 9.90 Å². The maximum absolute atomic E-state index is 12.0. The summed E-state index contributed by atoms with van der Waals surface area (Å²) in [5.74, 6) is -0.209. The number of amides is 1. The maximum Gasteiger partial charge on any atom is 0.256 e. The molecule has 98 valence electrons. The first-order chi connectivity index (χ1) is 8.03. The number of rotatable bonds is 5. The van der Waals surface area contributed by atoms with Gasteiger partial charge in [-0.2, -0.15) is 0 Å². The molecule has 2 fully saturated rings. The Morgan fingerprint density at radius 1 is 1.41 bits per heavy atom. The van der Waals surface area contributed by atoms with Crippen LogP contribution in [0.5, 0.6) is 0 Å². The number of likely N-dealkylation sites (N-methyl/N-ethyl adjacent to an activating group) is 2. The second-order valence-corrected chi connectivity index (χ2v) is 5.27. The Balaban J connectivity index is 1.78. The van der Waals surface area contributed by atoms with E-state index >= 15 is 0 Å². The highest BCUT2D eigenvalue weighted by Crippen LogP contribution is 2.25. The molecule has 1 aliphatic carbocycles. The van der Waals surface area contributed by atoms with Gasteiger partial charge in [0.15, 0.2) is 5.60 Å². The Labute approximate surface area is 102 Å². The minimum absolute atomic E-state index is 0.134. The zero-order valence-electron chi connectivity index (χ0n) is 10.7. The first-order valence-electron chi connectivity index (χ1n) is 6.29. The zero-order chi connectivity index (χ0) is 12.5. The van der Waals surface area contributed by atoms with Crippen LogP contribution < -0.4 is 0 Å². The van der Waals surface area contributed by atoms with Gasteiger partial charge in [0.2, 0.25) is 0 Å². The molecule has 0 aromatic heterocycles. The molecular formula is C12H22N2O3. The highest BCUT2D eigenvalue weighted by Gasteiger charge is 2.41. The average Bonchev–Trinajstić information content (AvgIpc) is 3.08. The largest absolute Gasteiger partial charge is 0.378 e. The van der Waals surface area contributed by atoms with Crippen molar-refractivity contribution in [2.45, 2.75) is 30.9 Å².